The Balaban J connectivity index is 2.00. The molecule has 1 amide bonds. The van der Waals surface area contributed by atoms with Gasteiger partial charge in [-0.3, -0.25) is 4.79 Å². The first kappa shape index (κ1) is 14.5. The van der Waals surface area contributed by atoms with E-state index in [9.17, 15) is 9.59 Å². The van der Waals surface area contributed by atoms with Gasteiger partial charge in [-0.15, -0.1) is 0 Å². The number of hydrogen-bond acceptors (Lipinski definition) is 3. The van der Waals surface area contributed by atoms with Crippen molar-refractivity contribution >= 4 is 51.8 Å². The van der Waals surface area contributed by atoms with Crippen molar-refractivity contribution in [3.8, 4) is 0 Å². The summed E-state index contributed by atoms with van der Waals surface area (Å²) in [4.78, 5) is 22.7. The average molecular weight is 396 g/mol. The van der Waals surface area contributed by atoms with Gasteiger partial charge >= 0.3 is 5.97 Å². The number of benzene rings is 1. The number of carboxylic acid groups (broad SMARTS) is 1. The second-order valence-electron chi connectivity index (χ2n) is 4.14. The fraction of sp³-hybridized carbons (Fsp3) is 0.333. The van der Waals surface area contributed by atoms with Crippen LogP contribution in [0, 0.1) is 3.57 Å². The molecule has 19 heavy (non-hydrogen) atoms. The molecule has 0 radical (unpaired) electrons. The van der Waals surface area contributed by atoms with Gasteiger partial charge in [0.1, 0.15) is 6.10 Å². The molecule has 1 saturated heterocycles. The summed E-state index contributed by atoms with van der Waals surface area (Å²) in [7, 11) is 0. The molecule has 2 atom stereocenters. The molecule has 1 heterocycles. The zero-order valence-corrected chi connectivity index (χ0v) is 12.6. The number of carbonyl (C=O) groups excluding carboxylic acids is 1. The van der Waals surface area contributed by atoms with E-state index in [4.69, 9.17) is 21.4 Å². The van der Waals surface area contributed by atoms with Crippen LogP contribution in [0.2, 0.25) is 5.02 Å². The van der Waals surface area contributed by atoms with Crippen molar-refractivity contribution in [3.63, 3.8) is 0 Å². The lowest BCUT2D eigenvalue weighted by atomic mass is 10.2. The number of carboxylic acids is 1. The van der Waals surface area contributed by atoms with Gasteiger partial charge in [0.25, 0.3) is 5.91 Å². The van der Waals surface area contributed by atoms with E-state index >= 15 is 0 Å². The second-order valence-corrected chi connectivity index (χ2v) is 5.74. The van der Waals surface area contributed by atoms with Gasteiger partial charge in [-0.2, -0.15) is 0 Å². The normalized spacial score (nSPS) is 22.2. The molecule has 102 valence electrons. The van der Waals surface area contributed by atoms with E-state index in [1.165, 1.54) is 0 Å². The Morgan fingerprint density at radius 3 is 2.63 bits per heavy atom. The van der Waals surface area contributed by atoms with Crippen molar-refractivity contribution in [2.45, 2.75) is 25.0 Å². The van der Waals surface area contributed by atoms with Gasteiger partial charge in [0, 0.05) is 8.59 Å². The summed E-state index contributed by atoms with van der Waals surface area (Å²) in [6.45, 7) is 0. The number of anilines is 1. The first-order valence-corrected chi connectivity index (χ1v) is 7.07. The molecule has 0 bridgehead atoms. The molecule has 1 aromatic carbocycles. The summed E-state index contributed by atoms with van der Waals surface area (Å²) < 4.78 is 5.99. The topological polar surface area (TPSA) is 75.6 Å². The monoisotopic (exact) mass is 395 g/mol. The molecule has 5 nitrogen and oxygen atoms in total. The molecule has 0 aliphatic carbocycles. The number of hydrogen-bond donors (Lipinski definition) is 2. The van der Waals surface area contributed by atoms with Gasteiger partial charge in [0.05, 0.1) is 5.69 Å². The van der Waals surface area contributed by atoms with Crippen molar-refractivity contribution in [1.82, 2.24) is 0 Å². The Labute approximate surface area is 128 Å². The number of carbonyl (C=O) groups is 2. The number of rotatable bonds is 3. The molecule has 1 aromatic rings. The SMILES string of the molecule is O=C(Nc1ccc(Cl)cc1I)[C@@H]1CC[C@H](C(=O)O)O1. The summed E-state index contributed by atoms with van der Waals surface area (Å²) in [5.74, 6) is -1.36. The maximum atomic E-state index is 12.0. The summed E-state index contributed by atoms with van der Waals surface area (Å²) in [6.07, 6.45) is -0.842. The third-order valence-corrected chi connectivity index (χ3v) is 3.90. The van der Waals surface area contributed by atoms with Gasteiger partial charge in [0.2, 0.25) is 0 Å². The number of halogens is 2. The molecule has 0 saturated carbocycles. The summed E-state index contributed by atoms with van der Waals surface area (Å²) in [5.41, 5.74) is 0.636. The molecule has 0 unspecified atom stereocenters. The Kier molecular flexibility index (Phi) is 4.64. The Morgan fingerprint density at radius 1 is 1.37 bits per heavy atom. The van der Waals surface area contributed by atoms with E-state index in [1.54, 1.807) is 18.2 Å². The average Bonchev–Trinajstić information content (AvgIpc) is 2.82. The third kappa shape index (κ3) is 3.58. The maximum Gasteiger partial charge on any atom is 0.332 e. The van der Waals surface area contributed by atoms with E-state index in [0.717, 1.165) is 3.57 Å². The first-order valence-electron chi connectivity index (χ1n) is 5.61. The van der Waals surface area contributed by atoms with Crippen molar-refractivity contribution < 1.29 is 19.4 Å². The molecule has 1 fully saturated rings. The highest BCUT2D eigenvalue weighted by atomic mass is 127. The lowest BCUT2D eigenvalue weighted by molar-refractivity contribution is -0.150. The molecule has 1 aliphatic rings. The lowest BCUT2D eigenvalue weighted by Gasteiger charge is -2.13. The zero-order chi connectivity index (χ0) is 14.0. The number of amides is 1. The fourth-order valence-electron chi connectivity index (χ4n) is 1.82. The summed E-state index contributed by atoms with van der Waals surface area (Å²) in [6, 6.07) is 5.10. The highest BCUT2D eigenvalue weighted by molar-refractivity contribution is 14.1. The van der Waals surface area contributed by atoms with Gasteiger partial charge in [0.15, 0.2) is 6.10 Å². The Bertz CT molecular complexity index is 522. The van der Waals surface area contributed by atoms with E-state index in [-0.39, 0.29) is 5.91 Å². The highest BCUT2D eigenvalue weighted by Gasteiger charge is 2.34. The largest absolute Gasteiger partial charge is 0.479 e. The van der Waals surface area contributed by atoms with Crippen LogP contribution < -0.4 is 5.32 Å². The number of aliphatic carboxylic acids is 1. The number of nitrogens with one attached hydrogen (secondary N) is 1. The minimum atomic E-state index is -1.03. The lowest BCUT2D eigenvalue weighted by Crippen LogP contribution is -2.30. The zero-order valence-electron chi connectivity index (χ0n) is 9.73. The van der Waals surface area contributed by atoms with Crippen molar-refractivity contribution in [2.75, 3.05) is 5.32 Å². The predicted octanol–water partition coefficient (Wildman–Crippen LogP) is 2.52. The van der Waals surface area contributed by atoms with Crippen LogP contribution in [-0.4, -0.2) is 29.2 Å². The Morgan fingerprint density at radius 2 is 2.05 bits per heavy atom. The first-order chi connectivity index (χ1) is 8.97. The molecule has 2 rings (SSSR count). The van der Waals surface area contributed by atoms with Crippen LogP contribution in [0.4, 0.5) is 5.69 Å². The standard InChI is InChI=1S/C12H11ClINO4/c13-6-1-2-8(7(14)5-6)15-11(16)9-3-4-10(19-9)12(17)18/h1-2,5,9-10H,3-4H2,(H,15,16)(H,17,18)/t9-,10+/m0/s1. The minimum Gasteiger partial charge on any atom is -0.479 e. The maximum absolute atomic E-state index is 12.0. The molecular formula is C12H11ClINO4. The molecule has 0 aromatic heterocycles. The van der Waals surface area contributed by atoms with E-state index in [1.807, 2.05) is 0 Å². The quantitative estimate of drug-likeness (QED) is 0.771. The molecule has 0 spiro atoms. The predicted molar refractivity (Wildman–Crippen MR) is 78.3 cm³/mol. The van der Waals surface area contributed by atoms with Gasteiger partial charge in [-0.05, 0) is 53.6 Å². The molecule has 1 aliphatic heterocycles. The van der Waals surface area contributed by atoms with Crippen molar-refractivity contribution in [2.24, 2.45) is 0 Å². The summed E-state index contributed by atoms with van der Waals surface area (Å²) >= 11 is 7.89. The van der Waals surface area contributed by atoms with Gasteiger partial charge in [-0.25, -0.2) is 4.79 Å². The van der Waals surface area contributed by atoms with Crippen LogP contribution in [-0.2, 0) is 14.3 Å². The van der Waals surface area contributed by atoms with Gasteiger partial charge in [-0.1, -0.05) is 11.6 Å². The number of ether oxygens (including phenoxy) is 1. The third-order valence-electron chi connectivity index (χ3n) is 2.78. The van der Waals surface area contributed by atoms with Crippen LogP contribution in [0.15, 0.2) is 18.2 Å². The van der Waals surface area contributed by atoms with Crippen molar-refractivity contribution in [1.29, 1.82) is 0 Å². The molecule has 7 heteroatoms. The van der Waals surface area contributed by atoms with Crippen LogP contribution in [0.5, 0.6) is 0 Å². The van der Waals surface area contributed by atoms with Crippen LogP contribution in [0.3, 0.4) is 0 Å². The summed E-state index contributed by atoms with van der Waals surface area (Å²) in [5, 5.41) is 12.1. The molecule has 2 N–H and O–H groups in total. The van der Waals surface area contributed by atoms with Crippen LogP contribution in [0.25, 0.3) is 0 Å². The van der Waals surface area contributed by atoms with Crippen LogP contribution in [0.1, 0.15) is 12.8 Å². The van der Waals surface area contributed by atoms with Crippen molar-refractivity contribution in [3.05, 3.63) is 26.8 Å². The fourth-order valence-corrected chi connectivity index (χ4v) is 2.82. The van der Waals surface area contributed by atoms with Gasteiger partial charge < -0.3 is 15.2 Å². The smallest absolute Gasteiger partial charge is 0.332 e. The van der Waals surface area contributed by atoms with E-state index in [2.05, 4.69) is 27.9 Å². The van der Waals surface area contributed by atoms with E-state index < -0.39 is 18.2 Å². The van der Waals surface area contributed by atoms with Crippen LogP contribution >= 0.6 is 34.2 Å². The molecular weight excluding hydrogens is 384 g/mol. The highest BCUT2D eigenvalue weighted by Crippen LogP contribution is 2.25. The second kappa shape index (κ2) is 6.06. The Hall–Kier alpha value is -0.860. The minimum absolute atomic E-state index is 0.330. The van der Waals surface area contributed by atoms with E-state index in [0.29, 0.717) is 23.6 Å².